The molecule has 1 N–H and O–H groups in total. The van der Waals surface area contributed by atoms with Gasteiger partial charge in [-0.3, -0.25) is 4.79 Å². The van der Waals surface area contributed by atoms with Crippen LogP contribution in [0, 0.1) is 5.92 Å². The minimum Gasteiger partial charge on any atom is -0.339 e. The quantitative estimate of drug-likeness (QED) is 0.904. The van der Waals surface area contributed by atoms with Crippen LogP contribution in [0.15, 0.2) is 60.7 Å². The van der Waals surface area contributed by atoms with Gasteiger partial charge in [-0.05, 0) is 49.4 Å². The monoisotopic (exact) mass is 334 g/mol. The molecule has 2 aromatic carbocycles. The zero-order valence-electron chi connectivity index (χ0n) is 14.6. The molecular formula is C22H26N2O. The molecule has 1 aliphatic heterocycles. The summed E-state index contributed by atoms with van der Waals surface area (Å²) in [5.74, 6) is 1.57. The summed E-state index contributed by atoms with van der Waals surface area (Å²) in [7, 11) is 0. The highest BCUT2D eigenvalue weighted by molar-refractivity contribution is 5.94. The number of rotatable bonds is 5. The van der Waals surface area contributed by atoms with E-state index in [0.29, 0.717) is 17.9 Å². The summed E-state index contributed by atoms with van der Waals surface area (Å²) < 4.78 is 0. The van der Waals surface area contributed by atoms with Gasteiger partial charge in [0.25, 0.3) is 5.91 Å². The van der Waals surface area contributed by atoms with Crippen molar-refractivity contribution >= 4 is 5.91 Å². The average molecular weight is 334 g/mol. The maximum atomic E-state index is 12.5. The minimum atomic E-state index is 0.179. The molecular weight excluding hydrogens is 308 g/mol. The Kier molecular flexibility index (Phi) is 4.84. The molecule has 25 heavy (non-hydrogen) atoms. The molecule has 1 saturated carbocycles. The van der Waals surface area contributed by atoms with Gasteiger partial charge in [-0.15, -0.1) is 0 Å². The predicted molar refractivity (Wildman–Crippen MR) is 101 cm³/mol. The van der Waals surface area contributed by atoms with Crippen molar-refractivity contribution in [3.05, 3.63) is 71.8 Å². The first-order valence-electron chi connectivity index (χ1n) is 9.44. The molecule has 1 heterocycles. The molecule has 2 aliphatic rings. The maximum Gasteiger partial charge on any atom is 0.253 e. The van der Waals surface area contributed by atoms with E-state index in [1.54, 1.807) is 0 Å². The zero-order chi connectivity index (χ0) is 17.1. The van der Waals surface area contributed by atoms with Crippen molar-refractivity contribution in [2.24, 2.45) is 5.92 Å². The molecule has 2 aromatic rings. The summed E-state index contributed by atoms with van der Waals surface area (Å²) in [5, 5.41) is 3.75. The number of nitrogens with zero attached hydrogens (tertiary/aromatic N) is 1. The Hall–Kier alpha value is -2.13. The van der Waals surface area contributed by atoms with Crippen LogP contribution >= 0.6 is 0 Å². The molecule has 0 bridgehead atoms. The molecule has 2 atom stereocenters. The lowest BCUT2D eigenvalue weighted by Gasteiger charge is -2.32. The van der Waals surface area contributed by atoms with Crippen molar-refractivity contribution in [1.82, 2.24) is 10.2 Å². The molecule has 4 rings (SSSR count). The molecule has 130 valence electrons. The van der Waals surface area contributed by atoms with Crippen LogP contribution in [-0.4, -0.2) is 36.5 Å². The van der Waals surface area contributed by atoms with Crippen molar-refractivity contribution in [3.63, 3.8) is 0 Å². The van der Waals surface area contributed by atoms with Crippen molar-refractivity contribution in [2.45, 2.75) is 31.2 Å². The summed E-state index contributed by atoms with van der Waals surface area (Å²) in [4.78, 5) is 14.5. The van der Waals surface area contributed by atoms with E-state index in [4.69, 9.17) is 0 Å². The number of benzene rings is 2. The fourth-order valence-electron chi connectivity index (χ4n) is 3.91. The summed E-state index contributed by atoms with van der Waals surface area (Å²) in [6.45, 7) is 2.85. The molecule has 3 nitrogen and oxygen atoms in total. The number of hydrogen-bond acceptors (Lipinski definition) is 2. The smallest absolute Gasteiger partial charge is 0.253 e. The number of carbonyl (C=O) groups is 1. The van der Waals surface area contributed by atoms with E-state index in [-0.39, 0.29) is 5.91 Å². The molecule has 2 fully saturated rings. The van der Waals surface area contributed by atoms with Crippen LogP contribution in [0.2, 0.25) is 0 Å². The highest BCUT2D eigenvalue weighted by Gasteiger charge is 2.38. The van der Waals surface area contributed by atoms with Crippen molar-refractivity contribution < 1.29 is 4.79 Å². The zero-order valence-corrected chi connectivity index (χ0v) is 14.6. The Morgan fingerprint density at radius 2 is 1.60 bits per heavy atom. The van der Waals surface area contributed by atoms with Crippen LogP contribution in [0.3, 0.4) is 0 Å². The van der Waals surface area contributed by atoms with Crippen LogP contribution < -0.4 is 5.32 Å². The summed E-state index contributed by atoms with van der Waals surface area (Å²) >= 11 is 0. The summed E-state index contributed by atoms with van der Waals surface area (Å²) in [6.07, 6.45) is 3.47. The molecule has 1 amide bonds. The summed E-state index contributed by atoms with van der Waals surface area (Å²) in [6, 6.07) is 21.1. The minimum absolute atomic E-state index is 0.179. The number of nitrogens with one attached hydrogen (secondary N) is 1. The van der Waals surface area contributed by atoms with Gasteiger partial charge in [-0.25, -0.2) is 0 Å². The fourth-order valence-corrected chi connectivity index (χ4v) is 3.91. The van der Waals surface area contributed by atoms with Gasteiger partial charge in [0, 0.05) is 30.6 Å². The molecule has 1 saturated heterocycles. The molecule has 0 spiro atoms. The van der Waals surface area contributed by atoms with Crippen LogP contribution in [0.25, 0.3) is 0 Å². The molecule has 0 radical (unpaired) electrons. The number of amides is 1. The summed E-state index contributed by atoms with van der Waals surface area (Å²) in [5.41, 5.74) is 2.27. The first-order valence-corrected chi connectivity index (χ1v) is 9.44. The third kappa shape index (κ3) is 3.93. The van der Waals surface area contributed by atoms with E-state index in [0.717, 1.165) is 38.0 Å². The van der Waals surface area contributed by atoms with Gasteiger partial charge in [-0.1, -0.05) is 48.5 Å². The van der Waals surface area contributed by atoms with E-state index >= 15 is 0 Å². The molecule has 0 aromatic heterocycles. The second-order valence-electron chi connectivity index (χ2n) is 7.37. The topological polar surface area (TPSA) is 32.3 Å². The Balaban J connectivity index is 1.20. The lowest BCUT2D eigenvalue weighted by atomic mass is 9.96. The van der Waals surface area contributed by atoms with Crippen LogP contribution in [0.1, 0.15) is 41.1 Å². The van der Waals surface area contributed by atoms with Gasteiger partial charge < -0.3 is 10.2 Å². The first-order chi connectivity index (χ1) is 12.3. The van der Waals surface area contributed by atoms with Crippen molar-refractivity contribution in [3.8, 4) is 0 Å². The van der Waals surface area contributed by atoms with Crippen molar-refractivity contribution in [2.75, 3.05) is 19.6 Å². The lowest BCUT2D eigenvalue weighted by molar-refractivity contribution is 0.0690. The average Bonchev–Trinajstić information content (AvgIpc) is 3.47. The van der Waals surface area contributed by atoms with Crippen LogP contribution in [-0.2, 0) is 0 Å². The normalized spacial score (nSPS) is 23.4. The Labute approximate surface area is 150 Å². The molecule has 2 unspecified atom stereocenters. The van der Waals surface area contributed by atoms with E-state index in [1.165, 1.54) is 12.0 Å². The second-order valence-corrected chi connectivity index (χ2v) is 7.37. The maximum absolute atomic E-state index is 12.5. The second kappa shape index (κ2) is 7.40. The third-order valence-corrected chi connectivity index (χ3v) is 5.61. The lowest BCUT2D eigenvalue weighted by Crippen LogP contribution is -2.41. The van der Waals surface area contributed by atoms with E-state index in [9.17, 15) is 4.79 Å². The first kappa shape index (κ1) is 16.3. The molecule has 3 heteroatoms. The number of likely N-dealkylation sites (tertiary alicyclic amines) is 1. The number of hydrogen-bond donors (Lipinski definition) is 1. The fraction of sp³-hybridized carbons (Fsp3) is 0.409. The Bertz CT molecular complexity index is 692. The van der Waals surface area contributed by atoms with Gasteiger partial charge in [0.15, 0.2) is 0 Å². The number of piperidine rings is 1. The van der Waals surface area contributed by atoms with Gasteiger partial charge in [0.1, 0.15) is 0 Å². The van der Waals surface area contributed by atoms with Gasteiger partial charge in [0.05, 0.1) is 0 Å². The van der Waals surface area contributed by atoms with Crippen molar-refractivity contribution in [1.29, 1.82) is 0 Å². The van der Waals surface area contributed by atoms with E-state index < -0.39 is 0 Å². The Morgan fingerprint density at radius 1 is 0.960 bits per heavy atom. The third-order valence-electron chi connectivity index (χ3n) is 5.61. The largest absolute Gasteiger partial charge is 0.339 e. The van der Waals surface area contributed by atoms with Crippen LogP contribution in [0.5, 0.6) is 0 Å². The highest BCUT2D eigenvalue weighted by atomic mass is 16.2. The predicted octanol–water partition coefficient (Wildman–Crippen LogP) is 3.68. The van der Waals surface area contributed by atoms with Gasteiger partial charge in [-0.2, -0.15) is 0 Å². The highest BCUT2D eigenvalue weighted by Crippen LogP contribution is 2.40. The van der Waals surface area contributed by atoms with E-state index in [1.807, 2.05) is 35.2 Å². The van der Waals surface area contributed by atoms with Crippen LogP contribution in [0.4, 0.5) is 0 Å². The molecule has 1 aliphatic carbocycles. The number of carbonyl (C=O) groups excluding carboxylic acids is 1. The standard InChI is InChI=1S/C22H26N2O/c25-22(19-9-5-2-6-10-19)24-13-11-17(12-14-24)16-23-21-15-20(21)18-7-3-1-4-8-18/h1-10,17,20-21,23H,11-16H2. The van der Waals surface area contributed by atoms with E-state index in [2.05, 4.69) is 35.6 Å². The SMILES string of the molecule is O=C(c1ccccc1)N1CCC(CNC2CC2c2ccccc2)CC1. The van der Waals surface area contributed by atoms with Gasteiger partial charge >= 0.3 is 0 Å². The Morgan fingerprint density at radius 3 is 2.28 bits per heavy atom. The van der Waals surface area contributed by atoms with Gasteiger partial charge in [0.2, 0.25) is 0 Å².